The summed E-state index contributed by atoms with van der Waals surface area (Å²) >= 11 is 0. The van der Waals surface area contributed by atoms with Crippen LogP contribution in [-0.2, 0) is 0 Å². The summed E-state index contributed by atoms with van der Waals surface area (Å²) < 4.78 is 10.7. The van der Waals surface area contributed by atoms with Crippen LogP contribution >= 0.6 is 0 Å². The number of rotatable bonds is 8. The Kier molecular flexibility index (Phi) is 6.54. The van der Waals surface area contributed by atoms with Gasteiger partial charge in [-0.15, -0.1) is 0 Å². The molecule has 0 amide bonds. The van der Waals surface area contributed by atoms with E-state index in [4.69, 9.17) is 9.47 Å². The molecule has 0 aliphatic heterocycles. The summed E-state index contributed by atoms with van der Waals surface area (Å²) in [5.74, 6) is 1.91. The minimum Gasteiger partial charge on any atom is -0.493 e. The maximum atomic E-state index is 9.76. The number of aliphatic hydroxyl groups is 1. The Morgan fingerprint density at radius 1 is 1.17 bits per heavy atom. The maximum absolute atomic E-state index is 9.76. The molecule has 2 N–H and O–H groups in total. The highest BCUT2D eigenvalue weighted by Gasteiger charge is 2.08. The number of para-hydroxylation sites is 2. The van der Waals surface area contributed by atoms with Gasteiger partial charge in [0.15, 0.2) is 11.5 Å². The highest BCUT2D eigenvalue weighted by Crippen LogP contribution is 2.25. The maximum Gasteiger partial charge on any atom is 0.161 e. The van der Waals surface area contributed by atoms with Gasteiger partial charge in [0.25, 0.3) is 0 Å². The molecule has 0 saturated heterocycles. The first-order valence-corrected chi connectivity index (χ1v) is 6.28. The minimum atomic E-state index is -0.520. The lowest BCUT2D eigenvalue weighted by Crippen LogP contribution is -2.33. The van der Waals surface area contributed by atoms with E-state index in [0.29, 0.717) is 24.0 Å². The number of hydrogen-bond acceptors (Lipinski definition) is 4. The van der Waals surface area contributed by atoms with Crippen LogP contribution in [0, 0.1) is 5.92 Å². The Balaban J connectivity index is 2.31. The monoisotopic (exact) mass is 253 g/mol. The van der Waals surface area contributed by atoms with E-state index in [1.807, 2.05) is 24.3 Å². The summed E-state index contributed by atoms with van der Waals surface area (Å²) in [5, 5.41) is 12.9. The molecule has 0 radical (unpaired) electrons. The number of methoxy groups -OCH3 is 1. The smallest absolute Gasteiger partial charge is 0.161 e. The van der Waals surface area contributed by atoms with Gasteiger partial charge in [0.05, 0.1) is 7.11 Å². The fourth-order valence-electron chi connectivity index (χ4n) is 1.52. The predicted molar refractivity (Wildman–Crippen MR) is 72.2 cm³/mol. The third kappa shape index (κ3) is 5.38. The second-order valence-corrected chi connectivity index (χ2v) is 4.67. The second-order valence-electron chi connectivity index (χ2n) is 4.67. The molecule has 1 rings (SSSR count). The highest BCUT2D eigenvalue weighted by atomic mass is 16.5. The Hall–Kier alpha value is -1.26. The molecule has 0 aliphatic carbocycles. The molecule has 0 aromatic heterocycles. The lowest BCUT2D eigenvalue weighted by molar-refractivity contribution is 0.104. The predicted octanol–water partition coefficient (Wildman–Crippen LogP) is 1.68. The summed E-state index contributed by atoms with van der Waals surface area (Å²) in [5.41, 5.74) is 0. The van der Waals surface area contributed by atoms with Crippen LogP contribution in [-0.4, -0.2) is 38.0 Å². The number of ether oxygens (including phenoxy) is 2. The first kappa shape index (κ1) is 14.8. The summed E-state index contributed by atoms with van der Waals surface area (Å²) in [4.78, 5) is 0. The zero-order chi connectivity index (χ0) is 13.4. The molecule has 1 atom stereocenters. The molecule has 0 saturated carbocycles. The van der Waals surface area contributed by atoms with E-state index in [2.05, 4.69) is 19.2 Å². The number of benzene rings is 1. The lowest BCUT2D eigenvalue weighted by atomic mass is 10.2. The normalized spacial score (nSPS) is 12.5. The fourth-order valence-corrected chi connectivity index (χ4v) is 1.52. The van der Waals surface area contributed by atoms with Gasteiger partial charge in [-0.05, 0) is 24.6 Å². The SMILES string of the molecule is COc1ccccc1OCC(O)CNCC(C)C. The van der Waals surface area contributed by atoms with E-state index < -0.39 is 6.10 Å². The summed E-state index contributed by atoms with van der Waals surface area (Å²) in [6.45, 7) is 5.94. The van der Waals surface area contributed by atoms with Gasteiger partial charge < -0.3 is 19.9 Å². The van der Waals surface area contributed by atoms with Crippen LogP contribution in [0.5, 0.6) is 11.5 Å². The van der Waals surface area contributed by atoms with Gasteiger partial charge in [-0.1, -0.05) is 26.0 Å². The molecule has 1 aromatic carbocycles. The lowest BCUT2D eigenvalue weighted by Gasteiger charge is -2.15. The van der Waals surface area contributed by atoms with Crippen molar-refractivity contribution >= 4 is 0 Å². The van der Waals surface area contributed by atoms with Crippen LogP contribution in [0.1, 0.15) is 13.8 Å². The van der Waals surface area contributed by atoms with Crippen LogP contribution in [0.15, 0.2) is 24.3 Å². The number of hydrogen-bond donors (Lipinski definition) is 2. The van der Waals surface area contributed by atoms with Gasteiger partial charge in [-0.2, -0.15) is 0 Å². The molecule has 1 unspecified atom stereocenters. The van der Waals surface area contributed by atoms with Crippen molar-refractivity contribution in [3.63, 3.8) is 0 Å². The second kappa shape index (κ2) is 7.95. The van der Waals surface area contributed by atoms with Crippen molar-refractivity contribution < 1.29 is 14.6 Å². The van der Waals surface area contributed by atoms with E-state index in [0.717, 1.165) is 6.54 Å². The van der Waals surface area contributed by atoms with E-state index in [9.17, 15) is 5.11 Å². The Morgan fingerprint density at radius 2 is 1.83 bits per heavy atom. The summed E-state index contributed by atoms with van der Waals surface area (Å²) in [7, 11) is 1.60. The zero-order valence-corrected chi connectivity index (χ0v) is 11.3. The van der Waals surface area contributed by atoms with Crippen molar-refractivity contribution in [2.45, 2.75) is 20.0 Å². The van der Waals surface area contributed by atoms with Crippen LogP contribution in [0.2, 0.25) is 0 Å². The average molecular weight is 253 g/mol. The van der Waals surface area contributed by atoms with E-state index in [-0.39, 0.29) is 6.61 Å². The van der Waals surface area contributed by atoms with Crippen molar-refractivity contribution in [2.24, 2.45) is 5.92 Å². The molecule has 1 aromatic rings. The first-order valence-electron chi connectivity index (χ1n) is 6.28. The van der Waals surface area contributed by atoms with Crippen LogP contribution in [0.25, 0.3) is 0 Å². The van der Waals surface area contributed by atoms with E-state index >= 15 is 0 Å². The van der Waals surface area contributed by atoms with Crippen molar-refractivity contribution in [2.75, 3.05) is 26.8 Å². The minimum absolute atomic E-state index is 0.255. The van der Waals surface area contributed by atoms with Crippen molar-refractivity contribution in [3.8, 4) is 11.5 Å². The molecular formula is C14H23NO3. The first-order chi connectivity index (χ1) is 8.63. The Bertz CT molecular complexity index is 342. The fraction of sp³-hybridized carbons (Fsp3) is 0.571. The van der Waals surface area contributed by atoms with E-state index in [1.165, 1.54) is 0 Å². The average Bonchev–Trinajstić information content (AvgIpc) is 2.36. The third-order valence-electron chi connectivity index (χ3n) is 2.43. The molecule has 0 fully saturated rings. The van der Waals surface area contributed by atoms with Crippen LogP contribution in [0.3, 0.4) is 0 Å². The van der Waals surface area contributed by atoms with E-state index in [1.54, 1.807) is 7.11 Å². The summed E-state index contributed by atoms with van der Waals surface area (Å²) in [6, 6.07) is 7.42. The Morgan fingerprint density at radius 3 is 2.44 bits per heavy atom. The van der Waals surface area contributed by atoms with Gasteiger partial charge in [-0.3, -0.25) is 0 Å². The zero-order valence-electron chi connectivity index (χ0n) is 11.3. The van der Waals surface area contributed by atoms with Gasteiger partial charge in [-0.25, -0.2) is 0 Å². The number of nitrogens with one attached hydrogen (secondary N) is 1. The summed E-state index contributed by atoms with van der Waals surface area (Å²) in [6.07, 6.45) is -0.520. The molecule has 102 valence electrons. The van der Waals surface area contributed by atoms with Crippen molar-refractivity contribution in [1.82, 2.24) is 5.32 Å². The van der Waals surface area contributed by atoms with Gasteiger partial charge in [0, 0.05) is 6.54 Å². The molecule has 4 nitrogen and oxygen atoms in total. The molecule has 0 spiro atoms. The molecule has 0 aliphatic rings. The Labute approximate surface area is 109 Å². The van der Waals surface area contributed by atoms with Crippen LogP contribution in [0.4, 0.5) is 0 Å². The topological polar surface area (TPSA) is 50.7 Å². The largest absolute Gasteiger partial charge is 0.493 e. The van der Waals surface area contributed by atoms with Crippen molar-refractivity contribution in [1.29, 1.82) is 0 Å². The quantitative estimate of drug-likeness (QED) is 0.740. The molecule has 0 heterocycles. The molecule has 0 bridgehead atoms. The molecule has 18 heavy (non-hydrogen) atoms. The van der Waals surface area contributed by atoms with Crippen LogP contribution < -0.4 is 14.8 Å². The third-order valence-corrected chi connectivity index (χ3v) is 2.43. The molecule has 4 heteroatoms. The molecular weight excluding hydrogens is 230 g/mol. The van der Waals surface area contributed by atoms with Gasteiger partial charge in [0.2, 0.25) is 0 Å². The highest BCUT2D eigenvalue weighted by molar-refractivity contribution is 5.39. The van der Waals surface area contributed by atoms with Gasteiger partial charge >= 0.3 is 0 Å². The van der Waals surface area contributed by atoms with Gasteiger partial charge in [0.1, 0.15) is 12.7 Å². The van der Waals surface area contributed by atoms with Crippen molar-refractivity contribution in [3.05, 3.63) is 24.3 Å². The number of aliphatic hydroxyl groups excluding tert-OH is 1. The standard InChI is InChI=1S/C14H23NO3/c1-11(2)8-15-9-12(16)10-18-14-7-5-4-6-13(14)17-3/h4-7,11-12,15-16H,8-10H2,1-3H3.